The number of hydrogen-bond acceptors (Lipinski definition) is 4. The van der Waals surface area contributed by atoms with Gasteiger partial charge in [0, 0.05) is 28.7 Å². The molecule has 0 saturated carbocycles. The first-order valence-corrected chi connectivity index (χ1v) is 9.40. The highest BCUT2D eigenvalue weighted by molar-refractivity contribution is 9.10. The van der Waals surface area contributed by atoms with Crippen LogP contribution >= 0.6 is 27.5 Å². The van der Waals surface area contributed by atoms with Gasteiger partial charge in [-0.3, -0.25) is 9.59 Å². The molecule has 0 aliphatic carbocycles. The van der Waals surface area contributed by atoms with Crippen LogP contribution in [0, 0.1) is 0 Å². The van der Waals surface area contributed by atoms with Crippen molar-refractivity contribution in [2.45, 2.75) is 6.04 Å². The predicted octanol–water partition coefficient (Wildman–Crippen LogP) is 4.17. The molecule has 1 aliphatic rings. The van der Waals surface area contributed by atoms with Gasteiger partial charge < -0.3 is 14.7 Å². The van der Waals surface area contributed by atoms with Crippen LogP contribution in [0.4, 0.5) is 0 Å². The zero-order chi connectivity index (χ0) is 19.6. The summed E-state index contributed by atoms with van der Waals surface area (Å²) in [5, 5.41) is 11.3. The fraction of sp³-hybridized carbons (Fsp3) is 0.200. The van der Waals surface area contributed by atoms with E-state index in [4.69, 9.17) is 16.3 Å². The first-order valence-electron chi connectivity index (χ1n) is 8.22. The monoisotopic (exact) mass is 449 g/mol. The molecule has 1 fully saturated rings. The van der Waals surface area contributed by atoms with Crippen molar-refractivity contribution in [1.82, 2.24) is 4.90 Å². The Bertz CT molecular complexity index is 910. The molecule has 1 atom stereocenters. The maximum Gasteiger partial charge on any atom is 0.295 e. The first-order chi connectivity index (χ1) is 12.9. The van der Waals surface area contributed by atoms with Crippen LogP contribution in [0.1, 0.15) is 17.2 Å². The highest BCUT2D eigenvalue weighted by Gasteiger charge is 2.45. The summed E-state index contributed by atoms with van der Waals surface area (Å²) in [5.41, 5.74) is 1.19. The van der Waals surface area contributed by atoms with Crippen LogP contribution in [0.15, 0.2) is 58.6 Å². The number of nitrogens with zero attached hydrogens (tertiary/aromatic N) is 1. The fourth-order valence-electron chi connectivity index (χ4n) is 3.09. The lowest BCUT2D eigenvalue weighted by molar-refractivity contribution is -0.140. The number of halogens is 2. The molecule has 27 heavy (non-hydrogen) atoms. The molecule has 2 aromatic rings. The van der Waals surface area contributed by atoms with Gasteiger partial charge in [0.1, 0.15) is 5.76 Å². The summed E-state index contributed by atoms with van der Waals surface area (Å²) in [5.74, 6) is -1.61. The SMILES string of the molecule is COCCN1C(=O)C(=O)C(=C(O)c2ccc(Cl)cc2)[C@@H]1c1cccc(Br)c1. The average Bonchev–Trinajstić information content (AvgIpc) is 2.91. The third kappa shape index (κ3) is 3.93. The zero-order valence-corrected chi connectivity index (χ0v) is 16.8. The van der Waals surface area contributed by atoms with E-state index in [0.717, 1.165) is 10.0 Å². The Morgan fingerprint density at radius 3 is 2.56 bits per heavy atom. The van der Waals surface area contributed by atoms with Crippen molar-refractivity contribution in [1.29, 1.82) is 0 Å². The summed E-state index contributed by atoms with van der Waals surface area (Å²) >= 11 is 9.32. The van der Waals surface area contributed by atoms with Gasteiger partial charge >= 0.3 is 0 Å². The minimum Gasteiger partial charge on any atom is -0.507 e. The van der Waals surface area contributed by atoms with Crippen LogP contribution in [-0.2, 0) is 14.3 Å². The number of rotatable bonds is 5. The smallest absolute Gasteiger partial charge is 0.295 e. The molecule has 0 unspecified atom stereocenters. The number of ether oxygens (including phenoxy) is 1. The quantitative estimate of drug-likeness (QED) is 0.422. The van der Waals surface area contributed by atoms with Gasteiger partial charge in [0.05, 0.1) is 18.2 Å². The normalized spacial score (nSPS) is 18.9. The molecule has 0 spiro atoms. The van der Waals surface area contributed by atoms with Crippen LogP contribution in [0.5, 0.6) is 0 Å². The minimum atomic E-state index is -0.719. The average molecular weight is 451 g/mol. The van der Waals surface area contributed by atoms with Crippen LogP contribution in [-0.4, -0.2) is 42.0 Å². The molecular formula is C20H17BrClNO4. The number of carbonyl (C=O) groups excluding carboxylic acids is 2. The second kappa shape index (κ2) is 8.25. The Hall–Kier alpha value is -2.15. The van der Waals surface area contributed by atoms with E-state index in [-0.39, 0.29) is 24.5 Å². The maximum absolute atomic E-state index is 12.7. The molecule has 0 aromatic heterocycles. The third-order valence-corrected chi connectivity index (χ3v) is 5.10. The number of hydrogen-bond donors (Lipinski definition) is 1. The summed E-state index contributed by atoms with van der Waals surface area (Å²) in [7, 11) is 1.53. The summed E-state index contributed by atoms with van der Waals surface area (Å²) in [6.07, 6.45) is 0. The third-order valence-electron chi connectivity index (χ3n) is 4.36. The van der Waals surface area contributed by atoms with Gasteiger partial charge in [-0.05, 0) is 42.0 Å². The molecular weight excluding hydrogens is 434 g/mol. The summed E-state index contributed by atoms with van der Waals surface area (Å²) in [6.45, 7) is 0.508. The number of amides is 1. The lowest BCUT2D eigenvalue weighted by Crippen LogP contribution is -2.32. The van der Waals surface area contributed by atoms with Crippen molar-refractivity contribution < 1.29 is 19.4 Å². The van der Waals surface area contributed by atoms with E-state index in [9.17, 15) is 14.7 Å². The van der Waals surface area contributed by atoms with Crippen LogP contribution < -0.4 is 0 Å². The van der Waals surface area contributed by atoms with E-state index in [0.29, 0.717) is 10.6 Å². The van der Waals surface area contributed by atoms with Gasteiger partial charge in [0.2, 0.25) is 0 Å². The number of ketones is 1. The lowest BCUT2D eigenvalue weighted by Gasteiger charge is -2.25. The standard InChI is InChI=1S/C20H17BrClNO4/c1-27-10-9-23-17(13-3-2-4-14(21)11-13)16(19(25)20(23)26)18(24)12-5-7-15(22)8-6-12/h2-8,11,17,24H,9-10H2,1H3/t17-/m0/s1. The van der Waals surface area contributed by atoms with E-state index in [2.05, 4.69) is 15.9 Å². The Morgan fingerprint density at radius 2 is 1.93 bits per heavy atom. The number of likely N-dealkylation sites (tertiary alicyclic amines) is 1. The Morgan fingerprint density at radius 1 is 1.22 bits per heavy atom. The van der Waals surface area contributed by atoms with Crippen molar-refractivity contribution in [3.05, 3.63) is 74.7 Å². The zero-order valence-electron chi connectivity index (χ0n) is 14.5. The van der Waals surface area contributed by atoms with Crippen molar-refractivity contribution in [3.63, 3.8) is 0 Å². The van der Waals surface area contributed by atoms with E-state index in [1.54, 1.807) is 24.3 Å². The largest absolute Gasteiger partial charge is 0.507 e. The summed E-state index contributed by atoms with van der Waals surface area (Å²) in [4.78, 5) is 26.8. The topological polar surface area (TPSA) is 66.8 Å². The molecule has 2 aromatic carbocycles. The Kier molecular flexibility index (Phi) is 5.99. The number of Topliss-reactive ketones (excluding diaryl/α,β-unsaturated/α-hetero) is 1. The van der Waals surface area contributed by atoms with Crippen molar-refractivity contribution in [2.24, 2.45) is 0 Å². The number of benzene rings is 2. The van der Waals surface area contributed by atoms with Gasteiger partial charge in [0.25, 0.3) is 11.7 Å². The second-order valence-electron chi connectivity index (χ2n) is 6.05. The molecule has 7 heteroatoms. The number of carbonyl (C=O) groups is 2. The Balaban J connectivity index is 2.16. The predicted molar refractivity (Wildman–Crippen MR) is 106 cm³/mol. The van der Waals surface area contributed by atoms with Crippen molar-refractivity contribution in [3.8, 4) is 0 Å². The number of methoxy groups -OCH3 is 1. The second-order valence-corrected chi connectivity index (χ2v) is 7.40. The van der Waals surface area contributed by atoms with E-state index >= 15 is 0 Å². The van der Waals surface area contributed by atoms with Crippen molar-refractivity contribution >= 4 is 45.0 Å². The Labute approximate surface area is 170 Å². The minimum absolute atomic E-state index is 0.0523. The number of aliphatic hydroxyl groups is 1. The van der Waals surface area contributed by atoms with E-state index < -0.39 is 17.7 Å². The van der Waals surface area contributed by atoms with Gasteiger partial charge in [-0.15, -0.1) is 0 Å². The molecule has 1 saturated heterocycles. The summed E-state index contributed by atoms with van der Waals surface area (Å²) in [6, 6.07) is 13.1. The highest BCUT2D eigenvalue weighted by Crippen LogP contribution is 2.39. The molecule has 1 aliphatic heterocycles. The van der Waals surface area contributed by atoms with Gasteiger partial charge in [0.15, 0.2) is 0 Å². The van der Waals surface area contributed by atoms with E-state index in [1.807, 2.05) is 24.3 Å². The molecule has 1 heterocycles. The maximum atomic E-state index is 12.7. The van der Waals surface area contributed by atoms with E-state index in [1.165, 1.54) is 12.0 Å². The van der Waals surface area contributed by atoms with Crippen LogP contribution in [0.25, 0.3) is 5.76 Å². The lowest BCUT2D eigenvalue weighted by atomic mass is 9.95. The molecule has 0 radical (unpaired) electrons. The van der Waals surface area contributed by atoms with Crippen LogP contribution in [0.2, 0.25) is 5.02 Å². The first kappa shape index (κ1) is 19.6. The van der Waals surface area contributed by atoms with Crippen molar-refractivity contribution in [2.75, 3.05) is 20.3 Å². The summed E-state index contributed by atoms with van der Waals surface area (Å²) < 4.78 is 5.89. The number of aliphatic hydroxyl groups excluding tert-OH is 1. The fourth-order valence-corrected chi connectivity index (χ4v) is 3.63. The van der Waals surface area contributed by atoms with Crippen LogP contribution in [0.3, 0.4) is 0 Å². The van der Waals surface area contributed by atoms with Gasteiger partial charge in [-0.25, -0.2) is 0 Å². The molecule has 1 N–H and O–H groups in total. The molecule has 1 amide bonds. The highest BCUT2D eigenvalue weighted by atomic mass is 79.9. The molecule has 3 rings (SSSR count). The molecule has 140 valence electrons. The molecule has 0 bridgehead atoms. The molecule has 5 nitrogen and oxygen atoms in total. The van der Waals surface area contributed by atoms with Gasteiger partial charge in [-0.2, -0.15) is 0 Å². The van der Waals surface area contributed by atoms with Gasteiger partial charge in [-0.1, -0.05) is 39.7 Å².